The highest BCUT2D eigenvalue weighted by Crippen LogP contribution is 2.25. The molecule has 0 radical (unpaired) electrons. The Bertz CT molecular complexity index is 1010. The quantitative estimate of drug-likeness (QED) is 0.432. The lowest BCUT2D eigenvalue weighted by Gasteiger charge is -2.05. The van der Waals surface area contributed by atoms with Crippen LogP contribution in [0.2, 0.25) is 0 Å². The van der Waals surface area contributed by atoms with Gasteiger partial charge < -0.3 is 0 Å². The van der Waals surface area contributed by atoms with Gasteiger partial charge in [0.15, 0.2) is 0 Å². The molecule has 0 unspecified atom stereocenters. The number of hydrogen-bond acceptors (Lipinski definition) is 3. The smallest absolute Gasteiger partial charge is 0.119 e. The highest BCUT2D eigenvalue weighted by atomic mass is 32.2. The Balaban J connectivity index is 1.50. The normalized spacial score (nSPS) is 10.9. The maximum Gasteiger partial charge on any atom is 0.119 e. The van der Waals surface area contributed by atoms with E-state index in [4.69, 9.17) is 0 Å². The highest BCUT2D eigenvalue weighted by molar-refractivity contribution is 7.98. The Labute approximate surface area is 151 Å². The number of fused-ring (bicyclic) bond motifs is 1. The summed E-state index contributed by atoms with van der Waals surface area (Å²) >= 11 is 1.72. The molecule has 3 aromatic carbocycles. The molecule has 0 aliphatic carbocycles. The molecule has 0 aliphatic heterocycles. The molecule has 1 aromatic heterocycles. The summed E-state index contributed by atoms with van der Waals surface area (Å²) < 4.78 is 0. The van der Waals surface area contributed by atoms with Crippen molar-refractivity contribution in [2.24, 2.45) is 0 Å². The molecular formula is C22H18N2S. The zero-order valence-electron chi connectivity index (χ0n) is 14.0. The summed E-state index contributed by atoms with van der Waals surface area (Å²) in [5.41, 5.74) is 4.60. The average Bonchev–Trinajstić information content (AvgIpc) is 2.66. The number of thioether (sulfide) groups is 1. The van der Waals surface area contributed by atoms with Crippen LogP contribution in [0.5, 0.6) is 0 Å². The van der Waals surface area contributed by atoms with Gasteiger partial charge in [-0.2, -0.15) is 0 Å². The second-order valence-electron chi connectivity index (χ2n) is 6.10. The van der Waals surface area contributed by atoms with Crippen molar-refractivity contribution in [1.29, 1.82) is 0 Å². The number of nitrogens with zero attached hydrogens (tertiary/aromatic N) is 2. The average molecular weight is 342 g/mol. The largest absolute Gasteiger partial charge is 0.149 e. The van der Waals surface area contributed by atoms with Crippen LogP contribution in [-0.4, -0.2) is 10.2 Å². The van der Waals surface area contributed by atoms with Crippen LogP contribution in [0.25, 0.3) is 22.0 Å². The van der Waals surface area contributed by atoms with Gasteiger partial charge >= 0.3 is 0 Å². The third kappa shape index (κ3) is 3.72. The van der Waals surface area contributed by atoms with Crippen LogP contribution in [0.1, 0.15) is 11.1 Å². The van der Waals surface area contributed by atoms with Gasteiger partial charge in [-0.1, -0.05) is 78.0 Å². The third-order valence-corrected chi connectivity index (χ3v) is 5.15. The number of benzene rings is 3. The summed E-state index contributed by atoms with van der Waals surface area (Å²) in [6.07, 6.45) is 0. The molecule has 0 bridgehead atoms. The first-order chi connectivity index (χ1) is 12.3. The summed E-state index contributed by atoms with van der Waals surface area (Å²) in [6.45, 7) is 2.12. The van der Waals surface area contributed by atoms with Gasteiger partial charge in [-0.05, 0) is 41.5 Å². The number of aryl methyl sites for hydroxylation is 1. The monoisotopic (exact) mass is 342 g/mol. The van der Waals surface area contributed by atoms with Crippen LogP contribution in [-0.2, 0) is 5.75 Å². The second kappa shape index (κ2) is 7.08. The Kier molecular flexibility index (Phi) is 4.49. The van der Waals surface area contributed by atoms with Crippen molar-refractivity contribution >= 4 is 22.5 Å². The number of hydrogen-bond donors (Lipinski definition) is 0. The molecule has 2 nitrogen and oxygen atoms in total. The van der Waals surface area contributed by atoms with Gasteiger partial charge in [0.2, 0.25) is 0 Å². The molecule has 0 saturated heterocycles. The van der Waals surface area contributed by atoms with Crippen LogP contribution >= 0.6 is 11.8 Å². The van der Waals surface area contributed by atoms with E-state index in [1.54, 1.807) is 11.8 Å². The predicted octanol–water partition coefficient (Wildman–Crippen LogP) is 5.90. The van der Waals surface area contributed by atoms with Crippen molar-refractivity contribution in [2.75, 3.05) is 0 Å². The third-order valence-electron chi connectivity index (χ3n) is 4.15. The van der Waals surface area contributed by atoms with Crippen molar-refractivity contribution < 1.29 is 0 Å². The fourth-order valence-corrected chi connectivity index (χ4v) is 3.62. The zero-order valence-corrected chi connectivity index (χ0v) is 14.8. The second-order valence-corrected chi connectivity index (χ2v) is 7.09. The van der Waals surface area contributed by atoms with Crippen LogP contribution in [0.3, 0.4) is 0 Å². The summed E-state index contributed by atoms with van der Waals surface area (Å²) in [4.78, 5) is 0. The minimum atomic E-state index is 0.908. The molecule has 0 amide bonds. The Hall–Kier alpha value is -2.65. The van der Waals surface area contributed by atoms with Crippen molar-refractivity contribution in [3.05, 3.63) is 90.0 Å². The first-order valence-corrected chi connectivity index (χ1v) is 9.28. The molecule has 0 spiro atoms. The van der Waals surface area contributed by atoms with Crippen molar-refractivity contribution in [1.82, 2.24) is 10.2 Å². The molecule has 122 valence electrons. The molecule has 4 aromatic rings. The minimum absolute atomic E-state index is 0.908. The fraction of sp³-hybridized carbons (Fsp3) is 0.0909. The van der Waals surface area contributed by atoms with E-state index >= 15 is 0 Å². The van der Waals surface area contributed by atoms with Crippen LogP contribution in [0.4, 0.5) is 0 Å². The summed E-state index contributed by atoms with van der Waals surface area (Å²) in [5, 5.41) is 12.2. The number of rotatable bonds is 4. The standard InChI is InChI=1S/C22H18N2S/c1-16-5-4-6-17(13-16)15-25-22-12-11-21(23-24-22)20-10-9-18-7-2-3-8-19(18)14-20/h2-14H,15H2,1H3. The van der Waals surface area contributed by atoms with E-state index in [2.05, 4.69) is 96.0 Å². The minimum Gasteiger partial charge on any atom is -0.149 e. The van der Waals surface area contributed by atoms with Crippen LogP contribution in [0, 0.1) is 6.92 Å². The van der Waals surface area contributed by atoms with Gasteiger partial charge in [0, 0.05) is 11.3 Å². The van der Waals surface area contributed by atoms with E-state index in [9.17, 15) is 0 Å². The number of aromatic nitrogens is 2. The van der Waals surface area contributed by atoms with E-state index in [1.165, 1.54) is 21.9 Å². The lowest BCUT2D eigenvalue weighted by Crippen LogP contribution is -1.90. The Morgan fingerprint density at radius 3 is 2.44 bits per heavy atom. The van der Waals surface area contributed by atoms with Gasteiger partial charge in [-0.25, -0.2) is 0 Å². The first-order valence-electron chi connectivity index (χ1n) is 8.29. The maximum absolute atomic E-state index is 4.41. The molecule has 0 fully saturated rings. The fourth-order valence-electron chi connectivity index (χ4n) is 2.86. The summed E-state index contributed by atoms with van der Waals surface area (Å²) in [7, 11) is 0. The first kappa shape index (κ1) is 15.9. The molecule has 0 saturated carbocycles. The van der Waals surface area contributed by atoms with Gasteiger partial charge in [-0.3, -0.25) is 0 Å². The molecule has 0 N–H and O–H groups in total. The predicted molar refractivity (Wildman–Crippen MR) is 106 cm³/mol. The zero-order chi connectivity index (χ0) is 17.1. The molecule has 3 heteroatoms. The van der Waals surface area contributed by atoms with Gasteiger partial charge in [-0.15, -0.1) is 10.2 Å². The maximum atomic E-state index is 4.41. The topological polar surface area (TPSA) is 25.8 Å². The summed E-state index contributed by atoms with van der Waals surface area (Å²) in [6, 6.07) is 27.4. The van der Waals surface area contributed by atoms with Crippen molar-refractivity contribution in [2.45, 2.75) is 17.7 Å². The molecule has 4 rings (SSSR count). The van der Waals surface area contributed by atoms with Gasteiger partial charge in [0.1, 0.15) is 5.03 Å². The lowest BCUT2D eigenvalue weighted by atomic mass is 10.1. The molecule has 25 heavy (non-hydrogen) atoms. The van der Waals surface area contributed by atoms with E-state index in [0.29, 0.717) is 0 Å². The van der Waals surface area contributed by atoms with Crippen LogP contribution < -0.4 is 0 Å². The van der Waals surface area contributed by atoms with Gasteiger partial charge in [0.05, 0.1) is 5.69 Å². The van der Waals surface area contributed by atoms with E-state index < -0.39 is 0 Å². The molecule has 0 atom stereocenters. The van der Waals surface area contributed by atoms with Crippen molar-refractivity contribution in [3.63, 3.8) is 0 Å². The van der Waals surface area contributed by atoms with E-state index in [0.717, 1.165) is 22.0 Å². The Morgan fingerprint density at radius 2 is 1.64 bits per heavy atom. The van der Waals surface area contributed by atoms with Crippen molar-refractivity contribution in [3.8, 4) is 11.3 Å². The van der Waals surface area contributed by atoms with E-state index in [1.807, 2.05) is 0 Å². The Morgan fingerprint density at radius 1 is 0.760 bits per heavy atom. The lowest BCUT2D eigenvalue weighted by molar-refractivity contribution is 0.935. The SMILES string of the molecule is Cc1cccc(CSc2ccc(-c3ccc4ccccc4c3)nn2)c1. The molecular weight excluding hydrogens is 324 g/mol. The van der Waals surface area contributed by atoms with E-state index in [-0.39, 0.29) is 0 Å². The van der Waals surface area contributed by atoms with Crippen LogP contribution in [0.15, 0.2) is 83.9 Å². The summed E-state index contributed by atoms with van der Waals surface area (Å²) in [5.74, 6) is 0.908. The molecule has 0 aliphatic rings. The highest BCUT2D eigenvalue weighted by Gasteiger charge is 2.04. The molecule has 1 heterocycles. The van der Waals surface area contributed by atoms with Gasteiger partial charge in [0.25, 0.3) is 0 Å².